The largest absolute Gasteiger partial charge is 0.444 e. The van der Waals surface area contributed by atoms with Crippen LogP contribution in [0.4, 0.5) is 5.69 Å². The summed E-state index contributed by atoms with van der Waals surface area (Å²) in [5.74, 6) is 0.757. The number of oxazole rings is 1. The number of aromatic nitrogens is 2. The van der Waals surface area contributed by atoms with Gasteiger partial charge in [0.1, 0.15) is 12.0 Å². The van der Waals surface area contributed by atoms with Crippen LogP contribution in [0.15, 0.2) is 47.2 Å². The van der Waals surface area contributed by atoms with Gasteiger partial charge >= 0.3 is 0 Å². The van der Waals surface area contributed by atoms with Gasteiger partial charge in [0.2, 0.25) is 11.8 Å². The molecule has 3 heterocycles. The smallest absolute Gasteiger partial charge is 0.237 e. The van der Waals surface area contributed by atoms with Crippen molar-refractivity contribution < 1.29 is 9.21 Å². The number of pyridine rings is 1. The molecular weight excluding hydrogens is 338 g/mol. The van der Waals surface area contributed by atoms with E-state index in [1.165, 1.54) is 0 Å². The third-order valence-electron chi connectivity index (χ3n) is 5.54. The Hall–Kier alpha value is -2.95. The molecule has 5 rings (SSSR count). The van der Waals surface area contributed by atoms with Crippen molar-refractivity contribution in [3.63, 3.8) is 0 Å². The van der Waals surface area contributed by atoms with Crippen LogP contribution in [-0.2, 0) is 10.2 Å². The molecule has 136 valence electrons. The minimum absolute atomic E-state index is 0.192. The molecule has 5 heteroatoms. The highest BCUT2D eigenvalue weighted by molar-refractivity contribution is 6.08. The molecule has 1 aliphatic heterocycles. The summed E-state index contributed by atoms with van der Waals surface area (Å²) in [6.07, 6.45) is 5.60. The molecular formula is C22H21N3O2. The molecule has 1 amide bonds. The van der Waals surface area contributed by atoms with Crippen molar-refractivity contribution >= 4 is 11.6 Å². The zero-order valence-corrected chi connectivity index (χ0v) is 15.7. The molecule has 1 aliphatic carbocycles. The fourth-order valence-electron chi connectivity index (χ4n) is 3.86. The second-order valence-electron chi connectivity index (χ2n) is 7.99. The third kappa shape index (κ3) is 2.49. The maximum atomic E-state index is 12.9. The molecule has 0 bridgehead atoms. The fourth-order valence-corrected chi connectivity index (χ4v) is 3.86. The van der Waals surface area contributed by atoms with Crippen LogP contribution >= 0.6 is 0 Å². The molecule has 0 spiro atoms. The highest BCUT2D eigenvalue weighted by atomic mass is 16.3. The minimum atomic E-state index is -0.479. The number of nitrogens with zero attached hydrogens (tertiary/aromatic N) is 3. The summed E-state index contributed by atoms with van der Waals surface area (Å²) < 4.78 is 5.76. The first-order valence-electron chi connectivity index (χ1n) is 9.32. The molecule has 1 aromatic carbocycles. The molecule has 5 nitrogen and oxygen atoms in total. The Morgan fingerprint density at radius 2 is 1.96 bits per heavy atom. The number of anilines is 1. The Balaban J connectivity index is 1.56. The van der Waals surface area contributed by atoms with Crippen molar-refractivity contribution in [3.8, 4) is 22.7 Å². The van der Waals surface area contributed by atoms with Crippen molar-refractivity contribution in [1.82, 2.24) is 9.97 Å². The Labute approximate surface area is 158 Å². The summed E-state index contributed by atoms with van der Waals surface area (Å²) in [6, 6.07) is 10.3. The van der Waals surface area contributed by atoms with Gasteiger partial charge in [-0.2, -0.15) is 0 Å². The second kappa shape index (κ2) is 5.52. The normalized spacial score (nSPS) is 18.0. The first-order chi connectivity index (χ1) is 12.9. The number of fused-ring (bicyclic) bond motifs is 1. The number of benzene rings is 1. The van der Waals surface area contributed by atoms with E-state index in [1.54, 1.807) is 12.5 Å². The number of aryl methyl sites for hydroxylation is 1. The summed E-state index contributed by atoms with van der Waals surface area (Å²) in [5.41, 5.74) is 5.20. The van der Waals surface area contributed by atoms with Crippen LogP contribution < -0.4 is 4.90 Å². The van der Waals surface area contributed by atoms with Crippen molar-refractivity contribution in [1.29, 1.82) is 0 Å². The molecule has 0 N–H and O–H groups in total. The Morgan fingerprint density at radius 1 is 1.15 bits per heavy atom. The van der Waals surface area contributed by atoms with Crippen LogP contribution in [0.3, 0.4) is 0 Å². The lowest BCUT2D eigenvalue weighted by molar-refractivity contribution is -0.122. The zero-order chi connectivity index (χ0) is 18.8. The van der Waals surface area contributed by atoms with Crippen molar-refractivity contribution in [3.05, 3.63) is 54.0 Å². The van der Waals surface area contributed by atoms with Crippen LogP contribution in [0.5, 0.6) is 0 Å². The standard InChI is InChI=1S/C22H21N3O2/c1-13-10-14(8-9-23-13)18-12-27-20(24-18)15-4-7-17-19(11-15)25(16-5-6-16)21(26)22(17,2)3/h4,7-12,16H,5-6H2,1-3H3. The highest BCUT2D eigenvalue weighted by Crippen LogP contribution is 2.47. The topological polar surface area (TPSA) is 59.2 Å². The van der Waals surface area contributed by atoms with Crippen LogP contribution in [0.2, 0.25) is 0 Å². The first kappa shape index (κ1) is 16.2. The lowest BCUT2D eigenvalue weighted by Crippen LogP contribution is -2.37. The average molecular weight is 359 g/mol. The lowest BCUT2D eigenvalue weighted by atomic mass is 9.86. The Morgan fingerprint density at radius 3 is 2.70 bits per heavy atom. The second-order valence-corrected chi connectivity index (χ2v) is 7.99. The fraction of sp³-hybridized carbons (Fsp3) is 0.318. The Bertz CT molecular complexity index is 1060. The number of carbonyl (C=O) groups is 1. The third-order valence-corrected chi connectivity index (χ3v) is 5.54. The number of amides is 1. The van der Waals surface area contributed by atoms with Crippen molar-refractivity contribution in [2.75, 3.05) is 4.90 Å². The van der Waals surface area contributed by atoms with Crippen LogP contribution in [-0.4, -0.2) is 21.9 Å². The molecule has 2 aromatic heterocycles. The van der Waals surface area contributed by atoms with E-state index >= 15 is 0 Å². The van der Waals surface area contributed by atoms with Crippen molar-refractivity contribution in [2.45, 2.75) is 45.1 Å². The Kier molecular flexibility index (Phi) is 3.32. The van der Waals surface area contributed by atoms with E-state index in [-0.39, 0.29) is 5.91 Å². The molecule has 0 saturated heterocycles. The quantitative estimate of drug-likeness (QED) is 0.691. The molecule has 1 fully saturated rings. The minimum Gasteiger partial charge on any atom is -0.444 e. The van der Waals surface area contributed by atoms with Gasteiger partial charge in [0.15, 0.2) is 0 Å². The van der Waals surface area contributed by atoms with Gasteiger partial charge in [-0.15, -0.1) is 0 Å². The molecule has 0 unspecified atom stereocenters. The number of rotatable bonds is 3. The van der Waals surface area contributed by atoms with E-state index in [9.17, 15) is 4.79 Å². The van der Waals surface area contributed by atoms with Gasteiger partial charge in [-0.3, -0.25) is 9.78 Å². The highest BCUT2D eigenvalue weighted by Gasteiger charge is 2.49. The number of hydrogen-bond donors (Lipinski definition) is 0. The van der Waals surface area contributed by atoms with Crippen LogP contribution in [0.1, 0.15) is 37.9 Å². The zero-order valence-electron chi connectivity index (χ0n) is 15.7. The van der Waals surface area contributed by atoms with Gasteiger partial charge in [-0.25, -0.2) is 4.98 Å². The van der Waals surface area contributed by atoms with E-state index in [2.05, 4.69) is 9.97 Å². The van der Waals surface area contributed by atoms with E-state index in [0.717, 1.165) is 46.6 Å². The molecule has 27 heavy (non-hydrogen) atoms. The maximum Gasteiger partial charge on any atom is 0.237 e. The van der Waals surface area contributed by atoms with Crippen LogP contribution in [0.25, 0.3) is 22.7 Å². The number of carbonyl (C=O) groups excluding carboxylic acids is 1. The van der Waals surface area contributed by atoms with Gasteiger partial charge in [-0.05, 0) is 63.4 Å². The van der Waals surface area contributed by atoms with Gasteiger partial charge < -0.3 is 9.32 Å². The molecule has 0 atom stereocenters. The first-order valence-corrected chi connectivity index (χ1v) is 9.32. The van der Waals surface area contributed by atoms with Gasteiger partial charge in [0.05, 0.1) is 5.41 Å². The van der Waals surface area contributed by atoms with Crippen molar-refractivity contribution in [2.24, 2.45) is 0 Å². The van der Waals surface area contributed by atoms with E-state index in [0.29, 0.717) is 11.9 Å². The number of hydrogen-bond acceptors (Lipinski definition) is 4. The van der Waals surface area contributed by atoms with Gasteiger partial charge in [0, 0.05) is 34.7 Å². The molecule has 2 aliphatic rings. The predicted molar refractivity (Wildman–Crippen MR) is 103 cm³/mol. The summed E-state index contributed by atoms with van der Waals surface area (Å²) in [7, 11) is 0. The molecule has 0 radical (unpaired) electrons. The van der Waals surface area contributed by atoms with Gasteiger partial charge in [-0.1, -0.05) is 6.07 Å². The van der Waals surface area contributed by atoms with E-state index < -0.39 is 5.41 Å². The van der Waals surface area contributed by atoms with E-state index in [1.807, 2.05) is 56.0 Å². The maximum absolute atomic E-state index is 12.9. The average Bonchev–Trinajstić information content (AvgIpc) is 3.31. The van der Waals surface area contributed by atoms with Gasteiger partial charge in [0.25, 0.3) is 0 Å². The molecule has 1 saturated carbocycles. The van der Waals surface area contributed by atoms with E-state index in [4.69, 9.17) is 4.42 Å². The summed E-state index contributed by atoms with van der Waals surface area (Å²) >= 11 is 0. The SMILES string of the molecule is Cc1cc(-c2coc(-c3ccc4c(c3)N(C3CC3)C(=O)C4(C)C)n2)ccn1. The summed E-state index contributed by atoms with van der Waals surface area (Å²) in [6.45, 7) is 5.96. The summed E-state index contributed by atoms with van der Waals surface area (Å²) in [5, 5.41) is 0. The molecule has 3 aromatic rings. The monoisotopic (exact) mass is 359 g/mol. The summed E-state index contributed by atoms with van der Waals surface area (Å²) in [4.78, 5) is 23.8. The predicted octanol–water partition coefficient (Wildman–Crippen LogP) is 4.50. The lowest BCUT2D eigenvalue weighted by Gasteiger charge is -2.19. The van der Waals surface area contributed by atoms with Crippen LogP contribution in [0, 0.1) is 6.92 Å².